The van der Waals surface area contributed by atoms with Crippen molar-refractivity contribution in [2.75, 3.05) is 18.4 Å². The Morgan fingerprint density at radius 2 is 1.52 bits per heavy atom. The van der Waals surface area contributed by atoms with Gasteiger partial charge in [0, 0.05) is 18.8 Å². The standard InChI is InChI=1S/C21H26N2O2/c1-16-6-10-19(11-7-16)25-20-12-8-18(9-13-20)22-17(2)21(24)23-14-4-3-5-15-23/h6-13,17,22H,3-5,14-15H2,1-2H3/t17-/m1/s1. The number of anilines is 1. The Labute approximate surface area is 149 Å². The SMILES string of the molecule is Cc1ccc(Oc2ccc(N[C@H](C)C(=O)N3CCCCC3)cc2)cc1. The van der Waals surface area contributed by atoms with Gasteiger partial charge in [-0.05, 0) is 69.5 Å². The Morgan fingerprint density at radius 3 is 2.12 bits per heavy atom. The van der Waals surface area contributed by atoms with Gasteiger partial charge in [0.2, 0.25) is 5.91 Å². The molecule has 1 saturated heterocycles. The highest BCUT2D eigenvalue weighted by molar-refractivity contribution is 5.84. The van der Waals surface area contributed by atoms with Crippen LogP contribution in [0.4, 0.5) is 5.69 Å². The Morgan fingerprint density at radius 1 is 0.960 bits per heavy atom. The fraction of sp³-hybridized carbons (Fsp3) is 0.381. The summed E-state index contributed by atoms with van der Waals surface area (Å²) in [4.78, 5) is 14.4. The molecule has 1 atom stereocenters. The van der Waals surface area contributed by atoms with Crippen LogP contribution in [0.3, 0.4) is 0 Å². The molecule has 3 rings (SSSR count). The molecule has 0 aromatic heterocycles. The zero-order valence-electron chi connectivity index (χ0n) is 15.0. The summed E-state index contributed by atoms with van der Waals surface area (Å²) in [6, 6.07) is 15.5. The zero-order valence-corrected chi connectivity index (χ0v) is 15.0. The van der Waals surface area contributed by atoms with Gasteiger partial charge < -0.3 is 15.0 Å². The number of nitrogens with one attached hydrogen (secondary N) is 1. The maximum absolute atomic E-state index is 12.5. The van der Waals surface area contributed by atoms with Gasteiger partial charge in [0.05, 0.1) is 0 Å². The summed E-state index contributed by atoms with van der Waals surface area (Å²) >= 11 is 0. The van der Waals surface area contributed by atoms with Gasteiger partial charge >= 0.3 is 0 Å². The number of benzene rings is 2. The van der Waals surface area contributed by atoms with Crippen molar-refractivity contribution in [2.24, 2.45) is 0 Å². The average Bonchev–Trinajstić information content (AvgIpc) is 2.65. The smallest absolute Gasteiger partial charge is 0.244 e. The lowest BCUT2D eigenvalue weighted by Gasteiger charge is -2.29. The predicted octanol–water partition coefficient (Wildman–Crippen LogP) is 4.60. The maximum atomic E-state index is 12.5. The number of amides is 1. The first-order valence-corrected chi connectivity index (χ1v) is 9.02. The minimum Gasteiger partial charge on any atom is -0.457 e. The van der Waals surface area contributed by atoms with Crippen LogP contribution in [0.1, 0.15) is 31.7 Å². The van der Waals surface area contributed by atoms with E-state index < -0.39 is 0 Å². The van der Waals surface area contributed by atoms with Crippen LogP contribution in [0.2, 0.25) is 0 Å². The fourth-order valence-electron chi connectivity index (χ4n) is 3.06. The molecule has 0 aliphatic carbocycles. The van der Waals surface area contributed by atoms with E-state index in [9.17, 15) is 4.79 Å². The van der Waals surface area contributed by atoms with Crippen LogP contribution in [0.25, 0.3) is 0 Å². The number of rotatable bonds is 5. The molecule has 2 aromatic carbocycles. The molecule has 0 saturated carbocycles. The van der Waals surface area contributed by atoms with Crippen molar-refractivity contribution in [2.45, 2.75) is 39.2 Å². The molecule has 1 amide bonds. The van der Waals surface area contributed by atoms with Crippen molar-refractivity contribution in [1.29, 1.82) is 0 Å². The first kappa shape index (κ1) is 17.3. The summed E-state index contributed by atoms with van der Waals surface area (Å²) in [5, 5.41) is 3.29. The number of ether oxygens (including phenoxy) is 1. The number of likely N-dealkylation sites (tertiary alicyclic amines) is 1. The van der Waals surface area contributed by atoms with Crippen molar-refractivity contribution in [3.05, 3.63) is 54.1 Å². The average molecular weight is 338 g/mol. The molecular formula is C21H26N2O2. The van der Waals surface area contributed by atoms with E-state index in [4.69, 9.17) is 4.74 Å². The normalized spacial score (nSPS) is 15.5. The maximum Gasteiger partial charge on any atom is 0.244 e. The van der Waals surface area contributed by atoms with E-state index >= 15 is 0 Å². The van der Waals surface area contributed by atoms with Gasteiger partial charge in [0.1, 0.15) is 17.5 Å². The predicted molar refractivity (Wildman–Crippen MR) is 101 cm³/mol. The highest BCUT2D eigenvalue weighted by Crippen LogP contribution is 2.23. The number of carbonyl (C=O) groups excluding carboxylic acids is 1. The Bertz CT molecular complexity index is 689. The summed E-state index contributed by atoms with van der Waals surface area (Å²) in [6.07, 6.45) is 3.46. The highest BCUT2D eigenvalue weighted by atomic mass is 16.5. The van der Waals surface area contributed by atoms with Crippen LogP contribution in [0, 0.1) is 6.92 Å². The Balaban J connectivity index is 1.56. The number of carbonyl (C=O) groups is 1. The second-order valence-corrected chi connectivity index (χ2v) is 6.69. The van der Waals surface area contributed by atoms with E-state index in [1.165, 1.54) is 12.0 Å². The van der Waals surface area contributed by atoms with Gasteiger partial charge in [0.25, 0.3) is 0 Å². The van der Waals surface area contributed by atoms with Crippen molar-refractivity contribution >= 4 is 11.6 Å². The third-order valence-corrected chi connectivity index (χ3v) is 4.53. The quantitative estimate of drug-likeness (QED) is 0.866. The molecule has 1 fully saturated rings. The second kappa shape index (κ2) is 8.06. The minimum atomic E-state index is -0.220. The van der Waals surface area contributed by atoms with E-state index in [1.54, 1.807) is 0 Å². The topological polar surface area (TPSA) is 41.6 Å². The minimum absolute atomic E-state index is 0.180. The van der Waals surface area contributed by atoms with E-state index in [2.05, 4.69) is 12.2 Å². The van der Waals surface area contributed by atoms with E-state index in [-0.39, 0.29) is 11.9 Å². The van der Waals surface area contributed by atoms with Crippen LogP contribution >= 0.6 is 0 Å². The lowest BCUT2D eigenvalue weighted by molar-refractivity contribution is -0.132. The second-order valence-electron chi connectivity index (χ2n) is 6.69. The van der Waals surface area contributed by atoms with Gasteiger partial charge in [-0.2, -0.15) is 0 Å². The Kier molecular flexibility index (Phi) is 5.59. The van der Waals surface area contributed by atoms with Crippen molar-refractivity contribution in [3.8, 4) is 11.5 Å². The molecule has 4 nitrogen and oxygen atoms in total. The molecule has 132 valence electrons. The summed E-state index contributed by atoms with van der Waals surface area (Å²) in [5.41, 5.74) is 2.13. The van der Waals surface area contributed by atoms with Gasteiger partial charge in [-0.25, -0.2) is 0 Å². The summed E-state index contributed by atoms with van der Waals surface area (Å²) in [6.45, 7) is 5.74. The number of nitrogens with zero attached hydrogens (tertiary/aromatic N) is 1. The molecule has 0 spiro atoms. The number of hydrogen-bond donors (Lipinski definition) is 1. The molecule has 1 aliphatic heterocycles. The molecule has 0 unspecified atom stereocenters. The number of piperidine rings is 1. The first-order chi connectivity index (χ1) is 12.1. The lowest BCUT2D eigenvalue weighted by atomic mass is 10.1. The molecule has 1 heterocycles. The number of aryl methyl sites for hydroxylation is 1. The molecule has 4 heteroatoms. The van der Waals surface area contributed by atoms with E-state index in [0.717, 1.165) is 43.1 Å². The van der Waals surface area contributed by atoms with Gasteiger partial charge in [-0.3, -0.25) is 4.79 Å². The molecule has 2 aromatic rings. The molecule has 1 aliphatic rings. The van der Waals surface area contributed by atoms with Crippen LogP contribution in [0.5, 0.6) is 11.5 Å². The molecule has 25 heavy (non-hydrogen) atoms. The van der Waals surface area contributed by atoms with Crippen LogP contribution in [-0.2, 0) is 4.79 Å². The van der Waals surface area contributed by atoms with Crippen molar-refractivity contribution in [3.63, 3.8) is 0 Å². The Hall–Kier alpha value is -2.49. The molecule has 0 radical (unpaired) electrons. The van der Waals surface area contributed by atoms with Crippen LogP contribution in [-0.4, -0.2) is 29.9 Å². The molecular weight excluding hydrogens is 312 g/mol. The lowest BCUT2D eigenvalue weighted by Crippen LogP contribution is -2.43. The van der Waals surface area contributed by atoms with Crippen molar-refractivity contribution < 1.29 is 9.53 Å². The zero-order chi connectivity index (χ0) is 17.6. The van der Waals surface area contributed by atoms with Crippen molar-refractivity contribution in [1.82, 2.24) is 4.90 Å². The summed E-state index contributed by atoms with van der Waals surface area (Å²) in [7, 11) is 0. The number of hydrogen-bond acceptors (Lipinski definition) is 3. The van der Waals surface area contributed by atoms with Crippen LogP contribution in [0.15, 0.2) is 48.5 Å². The van der Waals surface area contributed by atoms with Gasteiger partial charge in [0.15, 0.2) is 0 Å². The summed E-state index contributed by atoms with van der Waals surface area (Å²) < 4.78 is 5.83. The van der Waals surface area contributed by atoms with Gasteiger partial charge in [-0.15, -0.1) is 0 Å². The van der Waals surface area contributed by atoms with E-state index in [1.807, 2.05) is 60.4 Å². The fourth-order valence-corrected chi connectivity index (χ4v) is 3.06. The largest absolute Gasteiger partial charge is 0.457 e. The third-order valence-electron chi connectivity index (χ3n) is 4.53. The van der Waals surface area contributed by atoms with Crippen LogP contribution < -0.4 is 10.1 Å². The third kappa shape index (κ3) is 4.75. The molecule has 1 N–H and O–H groups in total. The first-order valence-electron chi connectivity index (χ1n) is 9.02. The molecule has 0 bridgehead atoms. The monoisotopic (exact) mass is 338 g/mol. The van der Waals surface area contributed by atoms with E-state index in [0.29, 0.717) is 0 Å². The summed E-state index contributed by atoms with van der Waals surface area (Å²) in [5.74, 6) is 1.78. The van der Waals surface area contributed by atoms with Gasteiger partial charge in [-0.1, -0.05) is 17.7 Å². The highest BCUT2D eigenvalue weighted by Gasteiger charge is 2.21.